The Balaban J connectivity index is 1.84. The Morgan fingerprint density at radius 1 is 1.24 bits per heavy atom. The number of hydrogen-bond acceptors (Lipinski definition) is 3. The number of carbonyl (C=O) groups excluding carboxylic acids is 1. The smallest absolute Gasteiger partial charge is 0.220 e. The number of benzene rings is 1. The molecule has 1 saturated carbocycles. The molecule has 3 N–H and O–H groups in total. The first kappa shape index (κ1) is 15.5. The van der Waals surface area contributed by atoms with E-state index in [4.69, 9.17) is 11.0 Å². The molecule has 0 atom stereocenters. The van der Waals surface area contributed by atoms with Crippen LogP contribution in [0, 0.1) is 16.7 Å². The standard InChI is InChI=1S/C17H23N3O/c18-11-14-4-6-15(7-5-14)12-20-16(21)10-17(13-19)8-2-1-3-9-17/h4-7H,1-3,8-10,12-13,19H2,(H,20,21). The molecule has 1 amide bonds. The molecule has 4 nitrogen and oxygen atoms in total. The average Bonchev–Trinajstić information content (AvgIpc) is 2.54. The summed E-state index contributed by atoms with van der Waals surface area (Å²) in [5, 5.41) is 11.7. The lowest BCUT2D eigenvalue weighted by molar-refractivity contribution is -0.124. The van der Waals surface area contributed by atoms with Crippen LogP contribution in [0.25, 0.3) is 0 Å². The maximum atomic E-state index is 12.2. The first-order chi connectivity index (χ1) is 10.2. The Hall–Kier alpha value is -1.86. The molecular weight excluding hydrogens is 262 g/mol. The largest absolute Gasteiger partial charge is 0.352 e. The van der Waals surface area contributed by atoms with Gasteiger partial charge in [-0.05, 0) is 42.5 Å². The maximum absolute atomic E-state index is 12.2. The molecule has 0 heterocycles. The molecule has 21 heavy (non-hydrogen) atoms. The summed E-state index contributed by atoms with van der Waals surface area (Å²) in [5.74, 6) is 0.0757. The fourth-order valence-corrected chi connectivity index (χ4v) is 3.06. The van der Waals surface area contributed by atoms with Gasteiger partial charge in [-0.3, -0.25) is 4.79 Å². The first-order valence-electron chi connectivity index (χ1n) is 7.63. The summed E-state index contributed by atoms with van der Waals surface area (Å²) in [6.07, 6.45) is 6.27. The van der Waals surface area contributed by atoms with Crippen molar-refractivity contribution in [3.63, 3.8) is 0 Å². The van der Waals surface area contributed by atoms with Gasteiger partial charge < -0.3 is 11.1 Å². The van der Waals surface area contributed by atoms with Gasteiger partial charge >= 0.3 is 0 Å². The molecule has 0 aromatic heterocycles. The fourth-order valence-electron chi connectivity index (χ4n) is 3.06. The molecule has 0 radical (unpaired) electrons. The normalized spacial score (nSPS) is 17.0. The van der Waals surface area contributed by atoms with E-state index in [0.29, 0.717) is 25.1 Å². The number of rotatable bonds is 5. The van der Waals surface area contributed by atoms with E-state index in [0.717, 1.165) is 18.4 Å². The number of nitrogens with one attached hydrogen (secondary N) is 1. The highest BCUT2D eigenvalue weighted by atomic mass is 16.1. The third-order valence-electron chi connectivity index (χ3n) is 4.46. The lowest BCUT2D eigenvalue weighted by Crippen LogP contribution is -2.38. The van der Waals surface area contributed by atoms with E-state index in [2.05, 4.69) is 11.4 Å². The summed E-state index contributed by atoms with van der Waals surface area (Å²) in [6.45, 7) is 1.10. The van der Waals surface area contributed by atoms with Crippen LogP contribution in [0.3, 0.4) is 0 Å². The van der Waals surface area contributed by atoms with Gasteiger partial charge in [-0.15, -0.1) is 0 Å². The first-order valence-corrected chi connectivity index (χ1v) is 7.63. The molecule has 4 heteroatoms. The van der Waals surface area contributed by atoms with Gasteiger partial charge in [-0.25, -0.2) is 0 Å². The quantitative estimate of drug-likeness (QED) is 0.872. The Labute approximate surface area is 126 Å². The highest BCUT2D eigenvalue weighted by Gasteiger charge is 2.32. The van der Waals surface area contributed by atoms with Crippen molar-refractivity contribution in [2.24, 2.45) is 11.1 Å². The highest BCUT2D eigenvalue weighted by molar-refractivity contribution is 5.76. The summed E-state index contributed by atoms with van der Waals surface area (Å²) in [6, 6.07) is 9.37. The number of nitrogens with two attached hydrogens (primary N) is 1. The van der Waals surface area contributed by atoms with Gasteiger partial charge in [0.1, 0.15) is 0 Å². The molecule has 1 aliphatic carbocycles. The SMILES string of the molecule is N#Cc1ccc(CNC(=O)CC2(CN)CCCCC2)cc1. The predicted octanol–water partition coefficient (Wildman–Crippen LogP) is 2.47. The van der Waals surface area contributed by atoms with Crippen LogP contribution in [0.4, 0.5) is 0 Å². The van der Waals surface area contributed by atoms with E-state index >= 15 is 0 Å². The lowest BCUT2D eigenvalue weighted by atomic mass is 9.71. The monoisotopic (exact) mass is 285 g/mol. The Morgan fingerprint density at radius 2 is 1.90 bits per heavy atom. The zero-order chi connectivity index (χ0) is 15.1. The molecular formula is C17H23N3O. The second kappa shape index (κ2) is 7.24. The van der Waals surface area contributed by atoms with Gasteiger partial charge in [0.2, 0.25) is 5.91 Å². The van der Waals surface area contributed by atoms with E-state index < -0.39 is 0 Å². The number of amides is 1. The molecule has 1 aromatic rings. The second-order valence-corrected chi connectivity index (χ2v) is 6.03. The molecule has 0 aliphatic heterocycles. The van der Waals surface area contributed by atoms with Crippen molar-refractivity contribution in [3.8, 4) is 6.07 Å². The molecule has 1 aliphatic rings. The summed E-state index contributed by atoms with van der Waals surface area (Å²) in [5.41, 5.74) is 7.56. The van der Waals surface area contributed by atoms with Crippen molar-refractivity contribution in [3.05, 3.63) is 35.4 Å². The molecule has 1 aromatic carbocycles. The van der Waals surface area contributed by atoms with Crippen LogP contribution in [0.2, 0.25) is 0 Å². The summed E-state index contributed by atoms with van der Waals surface area (Å²) < 4.78 is 0. The number of nitriles is 1. The molecule has 0 spiro atoms. The van der Waals surface area contributed by atoms with Crippen LogP contribution in [-0.4, -0.2) is 12.5 Å². The van der Waals surface area contributed by atoms with E-state index in [9.17, 15) is 4.79 Å². The maximum Gasteiger partial charge on any atom is 0.220 e. The Kier molecular flexibility index (Phi) is 5.35. The zero-order valence-electron chi connectivity index (χ0n) is 12.4. The Morgan fingerprint density at radius 3 is 2.48 bits per heavy atom. The number of nitrogens with zero attached hydrogens (tertiary/aromatic N) is 1. The third kappa shape index (κ3) is 4.30. The van der Waals surface area contributed by atoms with Crippen molar-refractivity contribution < 1.29 is 4.79 Å². The minimum atomic E-state index is 0.00694. The number of hydrogen-bond donors (Lipinski definition) is 2. The van der Waals surface area contributed by atoms with E-state index in [1.165, 1.54) is 19.3 Å². The van der Waals surface area contributed by atoms with Gasteiger partial charge in [0.05, 0.1) is 11.6 Å². The van der Waals surface area contributed by atoms with Crippen molar-refractivity contribution in [2.45, 2.75) is 45.1 Å². The molecule has 0 saturated heterocycles. The van der Waals surface area contributed by atoms with Crippen LogP contribution in [0.15, 0.2) is 24.3 Å². The minimum absolute atomic E-state index is 0.00694. The molecule has 0 unspecified atom stereocenters. The zero-order valence-corrected chi connectivity index (χ0v) is 12.4. The van der Waals surface area contributed by atoms with Crippen molar-refractivity contribution >= 4 is 5.91 Å². The van der Waals surface area contributed by atoms with Crippen molar-refractivity contribution in [1.29, 1.82) is 5.26 Å². The topological polar surface area (TPSA) is 78.9 Å². The molecule has 1 fully saturated rings. The van der Waals surface area contributed by atoms with Crippen LogP contribution in [0.1, 0.15) is 49.7 Å². The molecule has 112 valence electrons. The summed E-state index contributed by atoms with van der Waals surface area (Å²) >= 11 is 0. The van der Waals surface area contributed by atoms with Gasteiger partial charge in [-0.1, -0.05) is 31.4 Å². The third-order valence-corrected chi connectivity index (χ3v) is 4.46. The van der Waals surface area contributed by atoms with Gasteiger partial charge in [-0.2, -0.15) is 5.26 Å². The van der Waals surface area contributed by atoms with E-state index in [1.807, 2.05) is 12.1 Å². The number of carbonyl (C=O) groups is 1. The Bertz CT molecular complexity index is 510. The molecule has 0 bridgehead atoms. The van der Waals surface area contributed by atoms with Crippen molar-refractivity contribution in [1.82, 2.24) is 5.32 Å². The summed E-state index contributed by atoms with van der Waals surface area (Å²) in [4.78, 5) is 12.2. The predicted molar refractivity (Wildman–Crippen MR) is 82.2 cm³/mol. The van der Waals surface area contributed by atoms with Crippen LogP contribution < -0.4 is 11.1 Å². The minimum Gasteiger partial charge on any atom is -0.352 e. The van der Waals surface area contributed by atoms with Gasteiger partial charge in [0.25, 0.3) is 0 Å². The fraction of sp³-hybridized carbons (Fsp3) is 0.529. The van der Waals surface area contributed by atoms with Crippen LogP contribution >= 0.6 is 0 Å². The second-order valence-electron chi connectivity index (χ2n) is 6.03. The van der Waals surface area contributed by atoms with Gasteiger partial charge in [0, 0.05) is 13.0 Å². The lowest BCUT2D eigenvalue weighted by Gasteiger charge is -2.35. The van der Waals surface area contributed by atoms with Crippen LogP contribution in [-0.2, 0) is 11.3 Å². The van der Waals surface area contributed by atoms with Crippen molar-refractivity contribution in [2.75, 3.05) is 6.54 Å². The van der Waals surface area contributed by atoms with E-state index in [-0.39, 0.29) is 11.3 Å². The van der Waals surface area contributed by atoms with Gasteiger partial charge in [0.15, 0.2) is 0 Å². The average molecular weight is 285 g/mol. The summed E-state index contributed by atoms with van der Waals surface area (Å²) in [7, 11) is 0. The van der Waals surface area contributed by atoms with Crippen LogP contribution in [0.5, 0.6) is 0 Å². The van der Waals surface area contributed by atoms with E-state index in [1.54, 1.807) is 12.1 Å². The molecule has 2 rings (SSSR count). The highest BCUT2D eigenvalue weighted by Crippen LogP contribution is 2.38.